The molecule has 1 aromatic heterocycles. The number of aromatic nitrogens is 2. The molecule has 0 N–H and O–H groups in total. The van der Waals surface area contributed by atoms with Crippen LogP contribution in [0.25, 0.3) is 0 Å². The minimum atomic E-state index is -0.296. The number of rotatable bonds is 5. The predicted octanol–water partition coefficient (Wildman–Crippen LogP) is 3.16. The summed E-state index contributed by atoms with van der Waals surface area (Å²) in [6.07, 6.45) is 2.01. The fourth-order valence-corrected chi connectivity index (χ4v) is 3.29. The molecule has 2 aromatic rings. The number of hydrogen-bond donors (Lipinski definition) is 0. The maximum Gasteiger partial charge on any atom is 0.187 e. The molecule has 25 heavy (non-hydrogen) atoms. The van der Waals surface area contributed by atoms with Crippen LogP contribution in [0.2, 0.25) is 5.02 Å². The van der Waals surface area contributed by atoms with E-state index in [1.807, 2.05) is 30.0 Å². The van der Waals surface area contributed by atoms with E-state index in [2.05, 4.69) is 14.9 Å². The Bertz CT molecular complexity index is 735. The van der Waals surface area contributed by atoms with Crippen LogP contribution in [0.3, 0.4) is 0 Å². The molecule has 1 aliphatic heterocycles. The van der Waals surface area contributed by atoms with E-state index in [-0.39, 0.29) is 5.82 Å². The molecule has 0 aliphatic carbocycles. The third-order valence-corrected chi connectivity index (χ3v) is 4.72. The first-order valence-corrected chi connectivity index (χ1v) is 8.79. The van der Waals surface area contributed by atoms with E-state index in [1.165, 1.54) is 6.33 Å². The van der Waals surface area contributed by atoms with Gasteiger partial charge in [-0.3, -0.25) is 4.90 Å². The Balaban J connectivity index is 1.66. The molecule has 0 spiro atoms. The maximum absolute atomic E-state index is 14.4. The molecule has 0 saturated carbocycles. The van der Waals surface area contributed by atoms with E-state index in [1.54, 1.807) is 7.11 Å². The van der Waals surface area contributed by atoms with Crippen LogP contribution in [-0.2, 0) is 13.0 Å². The van der Waals surface area contributed by atoms with Crippen molar-refractivity contribution in [2.45, 2.75) is 19.9 Å². The van der Waals surface area contributed by atoms with Gasteiger partial charge in [-0.2, -0.15) is 0 Å². The number of piperazine rings is 1. The molecule has 0 atom stereocenters. The number of anilines is 1. The molecule has 0 amide bonds. The van der Waals surface area contributed by atoms with Crippen LogP contribution < -0.4 is 9.64 Å². The quantitative estimate of drug-likeness (QED) is 0.815. The lowest BCUT2D eigenvalue weighted by atomic mass is 10.1. The smallest absolute Gasteiger partial charge is 0.187 e. The van der Waals surface area contributed by atoms with Crippen molar-refractivity contribution in [1.82, 2.24) is 14.9 Å². The molecular formula is C18H22ClFN4O. The number of aryl methyl sites for hydroxylation is 1. The highest BCUT2D eigenvalue weighted by atomic mass is 35.5. The van der Waals surface area contributed by atoms with Crippen LogP contribution in [0.5, 0.6) is 5.75 Å². The lowest BCUT2D eigenvalue weighted by molar-refractivity contribution is 0.245. The molecule has 2 heterocycles. The highest BCUT2D eigenvalue weighted by Gasteiger charge is 2.22. The highest BCUT2D eigenvalue weighted by Crippen LogP contribution is 2.25. The summed E-state index contributed by atoms with van der Waals surface area (Å²) >= 11 is 6.10. The van der Waals surface area contributed by atoms with Crippen molar-refractivity contribution in [1.29, 1.82) is 0 Å². The minimum absolute atomic E-state index is 0.296. The fourth-order valence-electron chi connectivity index (χ4n) is 3.09. The Morgan fingerprint density at radius 2 is 1.96 bits per heavy atom. The second-order valence-corrected chi connectivity index (χ2v) is 6.47. The first-order chi connectivity index (χ1) is 12.1. The van der Waals surface area contributed by atoms with Crippen molar-refractivity contribution < 1.29 is 9.13 Å². The Hall–Kier alpha value is -1.92. The SMILES string of the molecule is CCc1ncnc(N2CCN(Cc3cc(Cl)ccc3OC)CC2)c1F. The van der Waals surface area contributed by atoms with Gasteiger partial charge in [-0.15, -0.1) is 0 Å². The summed E-state index contributed by atoms with van der Waals surface area (Å²) < 4.78 is 19.8. The fraction of sp³-hybridized carbons (Fsp3) is 0.444. The number of methoxy groups -OCH3 is 1. The van der Waals surface area contributed by atoms with Crippen molar-refractivity contribution in [3.63, 3.8) is 0 Å². The molecule has 1 aromatic carbocycles. The topological polar surface area (TPSA) is 41.5 Å². The zero-order valence-electron chi connectivity index (χ0n) is 14.5. The van der Waals surface area contributed by atoms with Gasteiger partial charge in [-0.25, -0.2) is 14.4 Å². The number of halogens is 2. The van der Waals surface area contributed by atoms with Crippen LogP contribution in [0.4, 0.5) is 10.2 Å². The van der Waals surface area contributed by atoms with Gasteiger partial charge in [0.2, 0.25) is 0 Å². The summed E-state index contributed by atoms with van der Waals surface area (Å²) in [7, 11) is 1.66. The molecule has 3 rings (SSSR count). The van der Waals surface area contributed by atoms with E-state index in [0.29, 0.717) is 23.0 Å². The predicted molar refractivity (Wildman–Crippen MR) is 96.9 cm³/mol. The van der Waals surface area contributed by atoms with E-state index in [0.717, 1.165) is 44.0 Å². The van der Waals surface area contributed by atoms with Gasteiger partial charge in [0.15, 0.2) is 11.6 Å². The van der Waals surface area contributed by atoms with Crippen molar-refractivity contribution >= 4 is 17.4 Å². The van der Waals surface area contributed by atoms with Gasteiger partial charge in [0, 0.05) is 43.3 Å². The van der Waals surface area contributed by atoms with Crippen molar-refractivity contribution in [2.24, 2.45) is 0 Å². The molecule has 134 valence electrons. The van der Waals surface area contributed by atoms with Gasteiger partial charge >= 0.3 is 0 Å². The molecule has 1 saturated heterocycles. The molecule has 1 fully saturated rings. The zero-order chi connectivity index (χ0) is 17.8. The number of nitrogens with zero attached hydrogens (tertiary/aromatic N) is 4. The van der Waals surface area contributed by atoms with Crippen LogP contribution in [0, 0.1) is 5.82 Å². The Morgan fingerprint density at radius 3 is 2.64 bits per heavy atom. The number of hydrogen-bond acceptors (Lipinski definition) is 5. The molecule has 0 bridgehead atoms. The van der Waals surface area contributed by atoms with Gasteiger partial charge in [0.05, 0.1) is 12.8 Å². The molecular weight excluding hydrogens is 343 g/mol. The van der Waals surface area contributed by atoms with Crippen LogP contribution >= 0.6 is 11.6 Å². The van der Waals surface area contributed by atoms with Crippen molar-refractivity contribution in [3.8, 4) is 5.75 Å². The van der Waals surface area contributed by atoms with Gasteiger partial charge in [-0.1, -0.05) is 18.5 Å². The van der Waals surface area contributed by atoms with Crippen molar-refractivity contribution in [3.05, 3.63) is 46.6 Å². The lowest BCUT2D eigenvalue weighted by Crippen LogP contribution is -2.46. The average molecular weight is 365 g/mol. The van der Waals surface area contributed by atoms with Crippen LogP contribution in [-0.4, -0.2) is 48.2 Å². The Kier molecular flexibility index (Phi) is 5.71. The summed E-state index contributed by atoms with van der Waals surface area (Å²) in [6.45, 7) is 5.73. The van der Waals surface area contributed by atoms with Crippen LogP contribution in [0.1, 0.15) is 18.2 Å². The summed E-state index contributed by atoms with van der Waals surface area (Å²) in [5.74, 6) is 0.947. The molecule has 0 radical (unpaired) electrons. The van der Waals surface area contributed by atoms with Gasteiger partial charge in [-0.05, 0) is 24.6 Å². The second-order valence-electron chi connectivity index (χ2n) is 6.03. The Labute approximate surface area is 152 Å². The summed E-state index contributed by atoms with van der Waals surface area (Å²) in [5.41, 5.74) is 1.53. The molecule has 7 heteroatoms. The van der Waals surface area contributed by atoms with Gasteiger partial charge in [0.25, 0.3) is 0 Å². The normalized spacial score (nSPS) is 15.4. The van der Waals surface area contributed by atoms with Gasteiger partial charge in [0.1, 0.15) is 12.1 Å². The third-order valence-electron chi connectivity index (χ3n) is 4.49. The van der Waals surface area contributed by atoms with Crippen molar-refractivity contribution in [2.75, 3.05) is 38.2 Å². The first kappa shape index (κ1) is 17.9. The summed E-state index contributed by atoms with van der Waals surface area (Å²) in [5, 5.41) is 0.699. The minimum Gasteiger partial charge on any atom is -0.496 e. The summed E-state index contributed by atoms with van der Waals surface area (Å²) in [6, 6.07) is 5.64. The maximum atomic E-state index is 14.4. The second kappa shape index (κ2) is 7.97. The molecule has 5 nitrogen and oxygen atoms in total. The third kappa shape index (κ3) is 4.02. The highest BCUT2D eigenvalue weighted by molar-refractivity contribution is 6.30. The van der Waals surface area contributed by atoms with E-state index >= 15 is 0 Å². The zero-order valence-corrected chi connectivity index (χ0v) is 15.3. The molecule has 0 unspecified atom stereocenters. The average Bonchev–Trinajstić information content (AvgIpc) is 2.63. The number of benzene rings is 1. The lowest BCUT2D eigenvalue weighted by Gasteiger charge is -2.35. The Morgan fingerprint density at radius 1 is 1.20 bits per heavy atom. The van der Waals surface area contributed by atoms with Crippen LogP contribution in [0.15, 0.2) is 24.5 Å². The van der Waals surface area contributed by atoms with E-state index in [4.69, 9.17) is 16.3 Å². The van der Waals surface area contributed by atoms with E-state index in [9.17, 15) is 4.39 Å². The van der Waals surface area contributed by atoms with E-state index < -0.39 is 0 Å². The summed E-state index contributed by atoms with van der Waals surface area (Å²) in [4.78, 5) is 12.4. The number of ether oxygens (including phenoxy) is 1. The molecule has 1 aliphatic rings. The monoisotopic (exact) mass is 364 g/mol. The largest absolute Gasteiger partial charge is 0.496 e. The van der Waals surface area contributed by atoms with Gasteiger partial charge < -0.3 is 9.64 Å². The first-order valence-electron chi connectivity index (χ1n) is 8.41. The standard InChI is InChI=1S/C18H22ClFN4O/c1-3-15-17(20)18(22-12-21-15)24-8-6-23(7-9-24)11-13-10-14(19)4-5-16(13)25-2/h4-5,10,12H,3,6-9,11H2,1-2H3.